The molecule has 18 heavy (non-hydrogen) atoms. The van der Waals surface area contributed by atoms with E-state index in [9.17, 15) is 4.39 Å². The lowest BCUT2D eigenvalue weighted by molar-refractivity contribution is 0.466. The number of nitrogens with one attached hydrogen (secondary N) is 1. The number of rotatable bonds is 4. The molecule has 0 unspecified atom stereocenters. The van der Waals surface area contributed by atoms with Crippen molar-refractivity contribution in [2.24, 2.45) is 0 Å². The second kappa shape index (κ2) is 5.32. The summed E-state index contributed by atoms with van der Waals surface area (Å²) in [5.41, 5.74) is 0.826. The van der Waals surface area contributed by atoms with Crippen LogP contribution >= 0.6 is 0 Å². The van der Waals surface area contributed by atoms with Gasteiger partial charge in [-0.05, 0) is 18.2 Å². The summed E-state index contributed by atoms with van der Waals surface area (Å²) in [6.07, 6.45) is 2.46. The van der Waals surface area contributed by atoms with Gasteiger partial charge < -0.3 is 9.73 Å². The molecule has 1 aromatic heterocycles. The van der Waals surface area contributed by atoms with Gasteiger partial charge in [-0.3, -0.25) is 0 Å². The van der Waals surface area contributed by atoms with Gasteiger partial charge in [0.1, 0.15) is 17.6 Å². The number of hydrogen-bond acceptors (Lipinski definition) is 4. The third kappa shape index (κ3) is 2.66. The van der Waals surface area contributed by atoms with Gasteiger partial charge in [0.2, 0.25) is 5.89 Å². The molecular formula is C13H12FN3O. The lowest BCUT2D eigenvalue weighted by atomic mass is 10.2. The van der Waals surface area contributed by atoms with E-state index >= 15 is 0 Å². The van der Waals surface area contributed by atoms with Crippen LogP contribution in [0.25, 0.3) is 0 Å². The highest BCUT2D eigenvalue weighted by atomic mass is 19.1. The molecule has 92 valence electrons. The van der Waals surface area contributed by atoms with E-state index in [0.717, 1.165) is 12.2 Å². The summed E-state index contributed by atoms with van der Waals surface area (Å²) in [4.78, 5) is 4.09. The number of hydrogen-bond donors (Lipinski definition) is 1. The Morgan fingerprint density at radius 1 is 1.50 bits per heavy atom. The lowest BCUT2D eigenvalue weighted by Crippen LogP contribution is -2.01. The number of aromatic nitrogens is 1. The highest BCUT2D eigenvalue weighted by Crippen LogP contribution is 2.17. The SMILES string of the molecule is CCc1cnc(CNc2ccc(F)cc2C#N)o1. The fourth-order valence-electron chi connectivity index (χ4n) is 1.53. The van der Waals surface area contributed by atoms with Gasteiger partial charge in [-0.2, -0.15) is 5.26 Å². The minimum absolute atomic E-state index is 0.261. The molecule has 1 N–H and O–H groups in total. The van der Waals surface area contributed by atoms with Crippen molar-refractivity contribution in [3.8, 4) is 6.07 Å². The van der Waals surface area contributed by atoms with Crippen molar-refractivity contribution in [3.63, 3.8) is 0 Å². The summed E-state index contributed by atoms with van der Waals surface area (Å²) in [5, 5.41) is 11.9. The summed E-state index contributed by atoms with van der Waals surface area (Å²) in [7, 11) is 0. The van der Waals surface area contributed by atoms with Crippen molar-refractivity contribution in [2.45, 2.75) is 19.9 Å². The average molecular weight is 245 g/mol. The maximum absolute atomic E-state index is 12.9. The average Bonchev–Trinajstić information content (AvgIpc) is 2.85. The second-order valence-corrected chi connectivity index (χ2v) is 3.73. The summed E-state index contributed by atoms with van der Waals surface area (Å²) in [6, 6.07) is 5.95. The Morgan fingerprint density at radius 2 is 2.33 bits per heavy atom. The Bertz CT molecular complexity index is 586. The van der Waals surface area contributed by atoms with Crippen LogP contribution in [-0.4, -0.2) is 4.98 Å². The van der Waals surface area contributed by atoms with Crippen LogP contribution in [0.1, 0.15) is 24.1 Å². The van der Waals surface area contributed by atoms with Crippen LogP contribution in [0.15, 0.2) is 28.8 Å². The molecule has 2 aromatic rings. The molecule has 0 saturated carbocycles. The summed E-state index contributed by atoms with van der Waals surface area (Å²) in [5.74, 6) is 0.924. The van der Waals surface area contributed by atoms with Crippen molar-refractivity contribution < 1.29 is 8.81 Å². The Labute approximate surface area is 104 Å². The smallest absolute Gasteiger partial charge is 0.213 e. The summed E-state index contributed by atoms with van der Waals surface area (Å²) in [6.45, 7) is 2.34. The topological polar surface area (TPSA) is 61.9 Å². The zero-order valence-corrected chi connectivity index (χ0v) is 9.90. The zero-order valence-electron chi connectivity index (χ0n) is 9.90. The van der Waals surface area contributed by atoms with E-state index in [1.54, 1.807) is 6.20 Å². The van der Waals surface area contributed by atoms with Crippen LogP contribution < -0.4 is 5.32 Å². The highest BCUT2D eigenvalue weighted by molar-refractivity contribution is 5.57. The van der Waals surface area contributed by atoms with Gasteiger partial charge in [-0.15, -0.1) is 0 Å². The van der Waals surface area contributed by atoms with Crippen molar-refractivity contribution in [1.29, 1.82) is 5.26 Å². The number of oxazole rings is 1. The number of nitrogens with zero attached hydrogens (tertiary/aromatic N) is 2. The lowest BCUT2D eigenvalue weighted by Gasteiger charge is -2.05. The molecule has 1 heterocycles. The molecule has 1 aromatic carbocycles. The fourth-order valence-corrected chi connectivity index (χ4v) is 1.53. The number of halogens is 1. The predicted molar refractivity (Wildman–Crippen MR) is 64.3 cm³/mol. The predicted octanol–water partition coefficient (Wildman–Crippen LogP) is 2.86. The quantitative estimate of drug-likeness (QED) is 0.899. The van der Waals surface area contributed by atoms with E-state index in [4.69, 9.17) is 9.68 Å². The molecule has 0 bridgehead atoms. The van der Waals surface area contributed by atoms with Gasteiger partial charge in [0.15, 0.2) is 0 Å². The second-order valence-electron chi connectivity index (χ2n) is 3.73. The first-order valence-electron chi connectivity index (χ1n) is 5.60. The van der Waals surface area contributed by atoms with E-state index < -0.39 is 5.82 Å². The van der Waals surface area contributed by atoms with Crippen molar-refractivity contribution in [2.75, 3.05) is 5.32 Å². The van der Waals surface area contributed by atoms with E-state index in [-0.39, 0.29) is 5.56 Å². The van der Waals surface area contributed by atoms with Crippen LogP contribution in [0.4, 0.5) is 10.1 Å². The monoisotopic (exact) mass is 245 g/mol. The van der Waals surface area contributed by atoms with Gasteiger partial charge in [-0.25, -0.2) is 9.37 Å². The molecule has 0 saturated heterocycles. The van der Waals surface area contributed by atoms with Gasteiger partial charge in [-0.1, -0.05) is 6.92 Å². The standard InChI is InChI=1S/C13H12FN3O/c1-2-11-7-17-13(18-11)8-16-12-4-3-10(14)5-9(12)6-15/h3-5,7,16H,2,8H2,1H3. The van der Waals surface area contributed by atoms with Crippen LogP contribution in [0.5, 0.6) is 0 Å². The molecular weight excluding hydrogens is 233 g/mol. The molecule has 0 spiro atoms. The normalized spacial score (nSPS) is 10.1. The first-order chi connectivity index (χ1) is 8.72. The van der Waals surface area contributed by atoms with Gasteiger partial charge in [0.05, 0.1) is 24.0 Å². The molecule has 2 rings (SSSR count). The Hall–Kier alpha value is -2.35. The first kappa shape index (κ1) is 12.1. The summed E-state index contributed by atoms with van der Waals surface area (Å²) < 4.78 is 18.4. The van der Waals surface area contributed by atoms with Crippen LogP contribution in [-0.2, 0) is 13.0 Å². The van der Waals surface area contributed by atoms with Crippen LogP contribution in [0.3, 0.4) is 0 Å². The van der Waals surface area contributed by atoms with Crippen molar-refractivity contribution in [1.82, 2.24) is 4.98 Å². The van der Waals surface area contributed by atoms with Crippen LogP contribution in [0, 0.1) is 17.1 Å². The third-order valence-corrected chi connectivity index (χ3v) is 2.48. The van der Waals surface area contributed by atoms with Gasteiger partial charge in [0, 0.05) is 6.42 Å². The maximum atomic E-state index is 12.9. The molecule has 0 atom stereocenters. The number of anilines is 1. The van der Waals surface area contributed by atoms with Crippen molar-refractivity contribution in [3.05, 3.63) is 47.4 Å². The Balaban J connectivity index is 2.08. The highest BCUT2D eigenvalue weighted by Gasteiger charge is 2.06. The Kier molecular flexibility index (Phi) is 3.58. The van der Waals surface area contributed by atoms with E-state index in [1.807, 2.05) is 13.0 Å². The number of nitriles is 1. The number of aryl methyl sites for hydroxylation is 1. The fraction of sp³-hybridized carbons (Fsp3) is 0.231. The third-order valence-electron chi connectivity index (χ3n) is 2.48. The molecule has 0 aliphatic carbocycles. The van der Waals surface area contributed by atoms with E-state index in [1.165, 1.54) is 18.2 Å². The minimum atomic E-state index is -0.429. The Morgan fingerprint density at radius 3 is 3.00 bits per heavy atom. The number of benzene rings is 1. The molecule has 0 fully saturated rings. The molecule has 0 aliphatic rings. The molecule has 0 radical (unpaired) electrons. The van der Waals surface area contributed by atoms with E-state index in [2.05, 4.69) is 10.3 Å². The van der Waals surface area contributed by atoms with Crippen molar-refractivity contribution >= 4 is 5.69 Å². The van der Waals surface area contributed by atoms with Gasteiger partial charge >= 0.3 is 0 Å². The molecule has 0 amide bonds. The zero-order chi connectivity index (χ0) is 13.0. The molecule has 4 nitrogen and oxygen atoms in total. The van der Waals surface area contributed by atoms with E-state index in [0.29, 0.717) is 18.1 Å². The minimum Gasteiger partial charge on any atom is -0.444 e. The molecule has 5 heteroatoms. The molecule has 0 aliphatic heterocycles. The first-order valence-corrected chi connectivity index (χ1v) is 5.60. The maximum Gasteiger partial charge on any atom is 0.213 e. The largest absolute Gasteiger partial charge is 0.444 e. The summed E-state index contributed by atoms with van der Waals surface area (Å²) >= 11 is 0. The van der Waals surface area contributed by atoms with Crippen LogP contribution in [0.2, 0.25) is 0 Å². The van der Waals surface area contributed by atoms with Gasteiger partial charge in [0.25, 0.3) is 0 Å².